The van der Waals surface area contributed by atoms with Gasteiger partial charge in [-0.3, -0.25) is 9.59 Å². The molecule has 2 amide bonds. The van der Waals surface area contributed by atoms with E-state index in [1.165, 1.54) is 0 Å². The van der Waals surface area contributed by atoms with Gasteiger partial charge in [0.05, 0.1) is 18.5 Å². The number of carbonyl (C=O) groups is 2. The summed E-state index contributed by atoms with van der Waals surface area (Å²) in [7, 11) is 1.97. The molecule has 0 spiro atoms. The van der Waals surface area contributed by atoms with Crippen LogP contribution in [0.4, 0.5) is 0 Å². The maximum atomic E-state index is 13.4. The Morgan fingerprint density at radius 1 is 1.03 bits per heavy atom. The topological polar surface area (TPSA) is 45.6 Å². The second-order valence-electron chi connectivity index (χ2n) is 8.94. The highest BCUT2D eigenvalue weighted by molar-refractivity contribution is 6.19. The Labute approximate surface area is 185 Å². The van der Waals surface area contributed by atoms with Crippen molar-refractivity contribution in [3.63, 3.8) is 0 Å². The lowest BCUT2D eigenvalue weighted by atomic mass is 9.93. The molecule has 0 N–H and O–H groups in total. The van der Waals surface area contributed by atoms with Gasteiger partial charge in [-0.25, -0.2) is 0 Å². The third-order valence-corrected chi connectivity index (χ3v) is 5.75. The molecular weight excluding hydrogens is 398 g/mol. The first kappa shape index (κ1) is 24.0. The van der Waals surface area contributed by atoms with Gasteiger partial charge < -0.3 is 14.4 Å². The van der Waals surface area contributed by atoms with Crippen LogP contribution in [0.1, 0.15) is 39.0 Å². The number of amides is 2. The zero-order chi connectivity index (χ0) is 22.3. The lowest BCUT2D eigenvalue weighted by Gasteiger charge is -2.33. The van der Waals surface area contributed by atoms with Crippen molar-refractivity contribution >= 4 is 23.4 Å². The molecule has 0 aliphatic carbocycles. The molecule has 0 aliphatic heterocycles. The fraction of sp³-hybridized carbons (Fsp3) is 0.500. The van der Waals surface area contributed by atoms with Gasteiger partial charge in [0, 0.05) is 37.9 Å². The first-order valence-corrected chi connectivity index (χ1v) is 10.9. The third-order valence-electron chi connectivity index (χ3n) is 5.09. The molecule has 2 aromatic rings. The van der Waals surface area contributed by atoms with Crippen molar-refractivity contribution in [1.29, 1.82) is 0 Å². The fourth-order valence-corrected chi connectivity index (χ4v) is 3.42. The molecule has 0 fully saturated rings. The molecule has 1 heterocycles. The molecular formula is C24H34ClN3O2. The Morgan fingerprint density at radius 2 is 1.70 bits per heavy atom. The smallest absolute Gasteiger partial charge is 0.242 e. The zero-order valence-corrected chi connectivity index (χ0v) is 19.5. The fourth-order valence-electron chi connectivity index (χ4n) is 3.30. The number of carbonyl (C=O) groups excluding carboxylic acids is 2. The predicted molar refractivity (Wildman–Crippen MR) is 122 cm³/mol. The van der Waals surface area contributed by atoms with Gasteiger partial charge in [0.15, 0.2) is 0 Å². The van der Waals surface area contributed by atoms with Crippen LogP contribution in [-0.4, -0.2) is 45.2 Å². The number of hydrogen-bond acceptors (Lipinski definition) is 2. The minimum atomic E-state index is -0.709. The number of alkyl halides is 1. The number of hydrogen-bond donors (Lipinski definition) is 0. The summed E-state index contributed by atoms with van der Waals surface area (Å²) in [6.45, 7) is 9.29. The quantitative estimate of drug-likeness (QED) is 0.526. The molecule has 0 saturated heterocycles. The normalized spacial score (nSPS) is 11.6. The van der Waals surface area contributed by atoms with Gasteiger partial charge in [-0.15, -0.1) is 11.6 Å². The molecule has 0 atom stereocenters. The Kier molecular flexibility index (Phi) is 8.54. The molecule has 1 aromatic carbocycles. The molecule has 6 heteroatoms. The van der Waals surface area contributed by atoms with Crippen molar-refractivity contribution in [2.45, 2.75) is 40.8 Å². The number of aromatic nitrogens is 1. The van der Waals surface area contributed by atoms with Crippen molar-refractivity contribution in [1.82, 2.24) is 14.4 Å². The molecule has 0 aliphatic rings. The lowest BCUT2D eigenvalue weighted by molar-refractivity contribution is -0.146. The molecule has 30 heavy (non-hydrogen) atoms. The van der Waals surface area contributed by atoms with Crippen LogP contribution in [0.25, 0.3) is 0 Å². The highest BCUT2D eigenvalue weighted by Crippen LogP contribution is 2.22. The van der Waals surface area contributed by atoms with Crippen LogP contribution in [0.3, 0.4) is 0 Å². The van der Waals surface area contributed by atoms with Crippen molar-refractivity contribution in [2.24, 2.45) is 18.4 Å². The standard InChI is InChI=1S/C24H34ClN3O2/c1-19(2)14-28(23(30)24(3,4)18-25)17-22(29)27(15-20-10-7-6-8-11-20)16-21-12-9-13-26(21)5/h6-13,19H,14-18H2,1-5H3. The zero-order valence-electron chi connectivity index (χ0n) is 18.8. The van der Waals surface area contributed by atoms with Crippen LogP contribution >= 0.6 is 11.6 Å². The van der Waals surface area contributed by atoms with Crippen LogP contribution in [-0.2, 0) is 29.7 Å². The minimum Gasteiger partial charge on any atom is -0.353 e. The van der Waals surface area contributed by atoms with Crippen molar-refractivity contribution in [3.05, 3.63) is 59.9 Å². The molecule has 2 rings (SSSR count). The number of benzene rings is 1. The summed E-state index contributed by atoms with van der Waals surface area (Å²) >= 11 is 6.04. The summed E-state index contributed by atoms with van der Waals surface area (Å²) in [4.78, 5) is 30.0. The number of nitrogens with zero attached hydrogens (tertiary/aromatic N) is 3. The van der Waals surface area contributed by atoms with Gasteiger partial charge in [-0.05, 0) is 37.5 Å². The summed E-state index contributed by atoms with van der Waals surface area (Å²) in [5.74, 6) is 0.312. The summed E-state index contributed by atoms with van der Waals surface area (Å²) in [6.07, 6.45) is 1.97. The number of rotatable bonds is 10. The number of halogens is 1. The predicted octanol–water partition coefficient (Wildman–Crippen LogP) is 4.30. The Bertz CT molecular complexity index is 830. The second-order valence-corrected chi connectivity index (χ2v) is 9.21. The van der Waals surface area contributed by atoms with Crippen LogP contribution in [0.2, 0.25) is 0 Å². The molecule has 0 bridgehead atoms. The maximum absolute atomic E-state index is 13.4. The van der Waals surface area contributed by atoms with E-state index in [0.717, 1.165) is 11.3 Å². The van der Waals surface area contributed by atoms with Gasteiger partial charge in [0.1, 0.15) is 0 Å². The van der Waals surface area contributed by atoms with Gasteiger partial charge in [0.25, 0.3) is 0 Å². The summed E-state index contributed by atoms with van der Waals surface area (Å²) in [6, 6.07) is 13.9. The highest BCUT2D eigenvalue weighted by atomic mass is 35.5. The number of aryl methyl sites for hydroxylation is 1. The van der Waals surface area contributed by atoms with E-state index in [-0.39, 0.29) is 30.2 Å². The van der Waals surface area contributed by atoms with E-state index in [9.17, 15) is 9.59 Å². The molecule has 164 valence electrons. The Hall–Kier alpha value is -2.27. The monoisotopic (exact) mass is 431 g/mol. The third kappa shape index (κ3) is 6.63. The van der Waals surface area contributed by atoms with Crippen LogP contribution in [0, 0.1) is 11.3 Å². The van der Waals surface area contributed by atoms with Gasteiger partial charge in [-0.1, -0.05) is 44.2 Å². The largest absolute Gasteiger partial charge is 0.353 e. The molecule has 0 saturated carbocycles. The van der Waals surface area contributed by atoms with E-state index in [0.29, 0.717) is 19.6 Å². The van der Waals surface area contributed by atoms with E-state index in [1.54, 1.807) is 4.90 Å². The van der Waals surface area contributed by atoms with Crippen molar-refractivity contribution < 1.29 is 9.59 Å². The van der Waals surface area contributed by atoms with E-state index < -0.39 is 5.41 Å². The Morgan fingerprint density at radius 3 is 2.23 bits per heavy atom. The van der Waals surface area contributed by atoms with E-state index in [1.807, 2.05) is 92.9 Å². The van der Waals surface area contributed by atoms with E-state index in [4.69, 9.17) is 11.6 Å². The average molecular weight is 432 g/mol. The molecule has 0 radical (unpaired) electrons. The van der Waals surface area contributed by atoms with Crippen LogP contribution in [0.5, 0.6) is 0 Å². The van der Waals surface area contributed by atoms with Gasteiger partial charge in [0.2, 0.25) is 11.8 Å². The first-order chi connectivity index (χ1) is 14.1. The summed E-state index contributed by atoms with van der Waals surface area (Å²) in [5.41, 5.74) is 1.39. The maximum Gasteiger partial charge on any atom is 0.242 e. The average Bonchev–Trinajstić information content (AvgIpc) is 3.11. The Balaban J connectivity index is 2.25. The highest BCUT2D eigenvalue weighted by Gasteiger charge is 2.33. The van der Waals surface area contributed by atoms with E-state index in [2.05, 4.69) is 0 Å². The second kappa shape index (κ2) is 10.7. The SMILES string of the molecule is CC(C)CN(CC(=O)N(Cc1ccccc1)Cc1cccn1C)C(=O)C(C)(C)CCl. The molecule has 1 aromatic heterocycles. The lowest BCUT2D eigenvalue weighted by Crippen LogP contribution is -2.48. The van der Waals surface area contributed by atoms with Crippen molar-refractivity contribution in [2.75, 3.05) is 19.0 Å². The summed E-state index contributed by atoms with van der Waals surface area (Å²) < 4.78 is 2.01. The van der Waals surface area contributed by atoms with E-state index >= 15 is 0 Å². The molecule has 0 unspecified atom stereocenters. The van der Waals surface area contributed by atoms with Crippen LogP contribution < -0.4 is 0 Å². The van der Waals surface area contributed by atoms with Gasteiger partial charge >= 0.3 is 0 Å². The minimum absolute atomic E-state index is 0.0502. The molecule has 5 nitrogen and oxygen atoms in total. The first-order valence-electron chi connectivity index (χ1n) is 10.4. The van der Waals surface area contributed by atoms with Gasteiger partial charge in [-0.2, -0.15) is 0 Å². The van der Waals surface area contributed by atoms with Crippen LogP contribution in [0.15, 0.2) is 48.7 Å². The summed E-state index contributed by atoms with van der Waals surface area (Å²) in [5, 5.41) is 0. The van der Waals surface area contributed by atoms with Crippen molar-refractivity contribution in [3.8, 4) is 0 Å².